The van der Waals surface area contributed by atoms with Gasteiger partial charge in [0.15, 0.2) is 0 Å². The number of imidazole rings is 1. The third-order valence-electron chi connectivity index (χ3n) is 3.42. The Balaban J connectivity index is 1.74. The first-order valence-corrected chi connectivity index (χ1v) is 7.87. The van der Waals surface area contributed by atoms with E-state index in [0.717, 1.165) is 22.5 Å². The molecule has 3 rings (SSSR count). The topological polar surface area (TPSA) is 51.9 Å². The zero-order valence-electron chi connectivity index (χ0n) is 12.1. The van der Waals surface area contributed by atoms with Crippen LogP contribution in [0.1, 0.15) is 30.4 Å². The quantitative estimate of drug-likeness (QED) is 0.788. The minimum absolute atomic E-state index is 0.0211. The van der Waals surface area contributed by atoms with Crippen LogP contribution in [-0.2, 0) is 6.54 Å². The summed E-state index contributed by atoms with van der Waals surface area (Å²) >= 11 is 1.67. The zero-order chi connectivity index (χ0) is 14.8. The number of hydrogen-bond donors (Lipinski definition) is 1. The van der Waals surface area contributed by atoms with Crippen molar-refractivity contribution in [2.24, 2.45) is 0 Å². The van der Waals surface area contributed by atoms with E-state index >= 15 is 0 Å². The summed E-state index contributed by atoms with van der Waals surface area (Å²) in [5, 5.41) is 5.04. The van der Waals surface area contributed by atoms with Gasteiger partial charge in [-0.05, 0) is 31.4 Å². The first-order valence-electron chi connectivity index (χ1n) is 6.99. The third-order valence-corrected chi connectivity index (χ3v) is 4.28. The van der Waals surface area contributed by atoms with Crippen molar-refractivity contribution in [2.45, 2.75) is 26.4 Å². The number of fused-ring (bicyclic) bond motifs is 1. The van der Waals surface area contributed by atoms with Gasteiger partial charge in [-0.15, -0.1) is 11.3 Å². The second-order valence-corrected chi connectivity index (χ2v) is 6.17. The molecule has 21 heavy (non-hydrogen) atoms. The van der Waals surface area contributed by atoms with Crippen molar-refractivity contribution in [3.05, 3.63) is 41.9 Å². The Morgan fingerprint density at radius 2 is 2.33 bits per heavy atom. The Bertz CT molecular complexity index is 739. The molecule has 0 atom stereocenters. The number of carbonyl (C=O) groups is 1. The van der Waals surface area contributed by atoms with Gasteiger partial charge in [-0.1, -0.05) is 0 Å². The molecule has 0 radical (unpaired) electrons. The Labute approximate surface area is 127 Å². The van der Waals surface area contributed by atoms with Crippen molar-refractivity contribution >= 4 is 27.5 Å². The van der Waals surface area contributed by atoms with E-state index in [1.807, 2.05) is 16.8 Å². The van der Waals surface area contributed by atoms with Crippen molar-refractivity contribution in [3.63, 3.8) is 0 Å². The van der Waals surface area contributed by atoms with Crippen LogP contribution in [0.25, 0.3) is 10.2 Å². The molecule has 3 aromatic rings. The van der Waals surface area contributed by atoms with Gasteiger partial charge >= 0.3 is 0 Å². The first-order chi connectivity index (χ1) is 10.2. The van der Waals surface area contributed by atoms with Crippen LogP contribution in [0.3, 0.4) is 0 Å². The maximum Gasteiger partial charge on any atom is 0.268 e. The molecule has 0 saturated carbocycles. The number of hydrogen-bond acceptors (Lipinski definition) is 3. The van der Waals surface area contributed by atoms with Crippen molar-refractivity contribution in [1.82, 2.24) is 19.4 Å². The van der Waals surface area contributed by atoms with Crippen molar-refractivity contribution < 1.29 is 4.79 Å². The van der Waals surface area contributed by atoms with Gasteiger partial charge in [-0.2, -0.15) is 0 Å². The number of amides is 1. The zero-order valence-corrected chi connectivity index (χ0v) is 12.9. The normalized spacial score (nSPS) is 11.4. The molecular formula is C15H18N4OS. The Morgan fingerprint density at radius 1 is 1.48 bits per heavy atom. The number of rotatable bonds is 5. The molecule has 0 aromatic carbocycles. The Kier molecular flexibility index (Phi) is 3.79. The minimum atomic E-state index is -0.0211. The summed E-state index contributed by atoms with van der Waals surface area (Å²) in [6.07, 6.45) is 5.37. The Morgan fingerprint density at radius 3 is 3.05 bits per heavy atom. The fraction of sp³-hybridized carbons (Fsp3) is 0.333. The van der Waals surface area contributed by atoms with Crippen LogP contribution in [0.2, 0.25) is 0 Å². The lowest BCUT2D eigenvalue weighted by Crippen LogP contribution is -2.29. The molecule has 1 amide bonds. The van der Waals surface area contributed by atoms with E-state index in [2.05, 4.69) is 40.2 Å². The van der Waals surface area contributed by atoms with E-state index in [-0.39, 0.29) is 11.9 Å². The molecule has 3 aromatic heterocycles. The van der Waals surface area contributed by atoms with Crippen molar-refractivity contribution in [3.8, 4) is 0 Å². The van der Waals surface area contributed by atoms with Crippen LogP contribution in [0.15, 0.2) is 36.2 Å². The summed E-state index contributed by atoms with van der Waals surface area (Å²) in [6.45, 7) is 5.51. The number of nitrogens with zero attached hydrogens (tertiary/aromatic N) is 3. The highest BCUT2D eigenvalue weighted by molar-refractivity contribution is 7.17. The molecule has 0 saturated heterocycles. The second-order valence-electron chi connectivity index (χ2n) is 5.22. The smallest absolute Gasteiger partial charge is 0.268 e. The van der Waals surface area contributed by atoms with E-state index in [0.29, 0.717) is 6.54 Å². The second kappa shape index (κ2) is 5.73. The number of thiophene rings is 1. The first kappa shape index (κ1) is 13.9. The monoisotopic (exact) mass is 302 g/mol. The molecule has 5 nitrogen and oxygen atoms in total. The molecule has 1 N–H and O–H groups in total. The predicted molar refractivity (Wildman–Crippen MR) is 84.8 cm³/mol. The molecule has 0 fully saturated rings. The van der Waals surface area contributed by atoms with E-state index in [1.165, 1.54) is 0 Å². The van der Waals surface area contributed by atoms with E-state index in [1.54, 1.807) is 23.9 Å². The summed E-state index contributed by atoms with van der Waals surface area (Å²) in [5.41, 5.74) is 1.87. The van der Waals surface area contributed by atoms with Crippen molar-refractivity contribution in [2.75, 3.05) is 6.54 Å². The fourth-order valence-corrected chi connectivity index (χ4v) is 3.29. The summed E-state index contributed by atoms with van der Waals surface area (Å²) in [6, 6.07) is 4.31. The molecule has 0 aliphatic rings. The van der Waals surface area contributed by atoms with Crippen LogP contribution in [-0.4, -0.2) is 26.6 Å². The highest BCUT2D eigenvalue weighted by Crippen LogP contribution is 2.28. The molecule has 3 heterocycles. The highest BCUT2D eigenvalue weighted by Gasteiger charge is 2.17. The lowest BCUT2D eigenvalue weighted by molar-refractivity contribution is 0.0942. The van der Waals surface area contributed by atoms with Crippen LogP contribution in [0.5, 0.6) is 0 Å². The predicted octanol–water partition coefficient (Wildman–Crippen LogP) is 2.91. The summed E-state index contributed by atoms with van der Waals surface area (Å²) < 4.78 is 5.20. The molecule has 0 bridgehead atoms. The van der Waals surface area contributed by atoms with Crippen LogP contribution < -0.4 is 5.32 Å². The van der Waals surface area contributed by atoms with E-state index in [4.69, 9.17) is 0 Å². The highest BCUT2D eigenvalue weighted by atomic mass is 32.1. The standard InChI is InChI=1S/C15H18N4OS/c1-11(2)19-12-3-8-21-14(12)9-13(19)15(20)17-5-7-18-6-4-16-10-18/h3-4,6,8-11H,5,7H2,1-2H3,(H,17,20). The largest absolute Gasteiger partial charge is 0.349 e. The van der Waals surface area contributed by atoms with Crippen LogP contribution in [0, 0.1) is 0 Å². The van der Waals surface area contributed by atoms with Gasteiger partial charge in [0.1, 0.15) is 5.69 Å². The van der Waals surface area contributed by atoms with Gasteiger partial charge in [0.05, 0.1) is 16.5 Å². The summed E-state index contributed by atoms with van der Waals surface area (Å²) in [5.74, 6) is -0.0211. The average molecular weight is 302 g/mol. The SMILES string of the molecule is CC(C)n1c(C(=O)NCCn2ccnc2)cc2sccc21. The summed E-state index contributed by atoms with van der Waals surface area (Å²) in [4.78, 5) is 16.4. The van der Waals surface area contributed by atoms with Crippen LogP contribution in [0.4, 0.5) is 0 Å². The lowest BCUT2D eigenvalue weighted by Gasteiger charge is -2.14. The summed E-state index contributed by atoms with van der Waals surface area (Å²) in [7, 11) is 0. The molecule has 0 aliphatic heterocycles. The van der Waals surface area contributed by atoms with Gasteiger partial charge in [-0.3, -0.25) is 4.79 Å². The van der Waals surface area contributed by atoms with E-state index < -0.39 is 0 Å². The van der Waals surface area contributed by atoms with Gasteiger partial charge in [-0.25, -0.2) is 4.98 Å². The lowest BCUT2D eigenvalue weighted by atomic mass is 10.3. The van der Waals surface area contributed by atoms with Crippen molar-refractivity contribution in [1.29, 1.82) is 0 Å². The number of nitrogens with one attached hydrogen (secondary N) is 1. The number of aromatic nitrogens is 3. The fourth-order valence-electron chi connectivity index (χ4n) is 2.48. The maximum atomic E-state index is 12.4. The van der Waals surface area contributed by atoms with Gasteiger partial charge in [0.25, 0.3) is 5.91 Å². The third kappa shape index (κ3) is 2.71. The minimum Gasteiger partial charge on any atom is -0.349 e. The Hall–Kier alpha value is -2.08. The molecule has 0 unspecified atom stereocenters. The van der Waals surface area contributed by atoms with E-state index in [9.17, 15) is 4.79 Å². The molecule has 0 aliphatic carbocycles. The van der Waals surface area contributed by atoms with Gasteiger partial charge < -0.3 is 14.5 Å². The van der Waals surface area contributed by atoms with Crippen LogP contribution >= 0.6 is 11.3 Å². The maximum absolute atomic E-state index is 12.4. The average Bonchev–Trinajstić information content (AvgIpc) is 3.13. The molecule has 110 valence electrons. The molecule has 0 spiro atoms. The van der Waals surface area contributed by atoms with Gasteiger partial charge in [0, 0.05) is 31.5 Å². The molecule has 6 heteroatoms. The number of carbonyl (C=O) groups excluding carboxylic acids is 1. The molecular weight excluding hydrogens is 284 g/mol. The van der Waals surface area contributed by atoms with Gasteiger partial charge in [0.2, 0.25) is 0 Å².